The van der Waals surface area contributed by atoms with Crippen molar-refractivity contribution < 1.29 is 4.79 Å². The van der Waals surface area contributed by atoms with Gasteiger partial charge in [0.1, 0.15) is 5.69 Å². The van der Waals surface area contributed by atoms with Crippen LogP contribution in [0.3, 0.4) is 0 Å². The molecule has 1 aromatic carbocycles. The molecule has 2 aromatic rings. The maximum Gasteiger partial charge on any atom is 0.274 e. The van der Waals surface area contributed by atoms with Gasteiger partial charge in [0.05, 0.1) is 17.2 Å². The topological polar surface area (TPSA) is 46.1 Å². The molecule has 0 aliphatic heterocycles. The van der Waals surface area contributed by atoms with Gasteiger partial charge in [0.2, 0.25) is 0 Å². The van der Waals surface area contributed by atoms with Crippen molar-refractivity contribution in [2.45, 2.75) is 50.6 Å². The third-order valence-electron chi connectivity index (χ3n) is 4.56. The molecule has 2 aliphatic carbocycles. The zero-order valence-corrected chi connectivity index (χ0v) is 12.0. The van der Waals surface area contributed by atoms with Gasteiger partial charge in [-0.1, -0.05) is 25.0 Å². The van der Waals surface area contributed by atoms with Gasteiger partial charge in [-0.3, -0.25) is 9.78 Å². The van der Waals surface area contributed by atoms with E-state index in [1.165, 1.54) is 12.8 Å². The highest BCUT2D eigenvalue weighted by molar-refractivity contribution is 5.94. The largest absolute Gasteiger partial charge is 0.331 e. The highest BCUT2D eigenvalue weighted by Gasteiger charge is 2.39. The fourth-order valence-corrected chi connectivity index (χ4v) is 3.36. The number of aromatic nitrogens is 2. The summed E-state index contributed by atoms with van der Waals surface area (Å²) in [6, 6.07) is 8.56. The monoisotopic (exact) mass is 281 g/mol. The Labute approximate surface area is 124 Å². The van der Waals surface area contributed by atoms with Crippen LogP contribution in [0.15, 0.2) is 30.5 Å². The van der Waals surface area contributed by atoms with Crippen LogP contribution in [0.5, 0.6) is 0 Å². The molecule has 4 rings (SSSR count). The second-order valence-corrected chi connectivity index (χ2v) is 6.13. The Morgan fingerprint density at radius 2 is 1.67 bits per heavy atom. The first-order chi connectivity index (χ1) is 10.3. The Morgan fingerprint density at radius 3 is 2.38 bits per heavy atom. The number of amides is 1. The number of para-hydroxylation sites is 2. The molecule has 0 spiro atoms. The molecule has 0 radical (unpaired) electrons. The molecule has 4 heteroatoms. The molecule has 108 valence electrons. The lowest BCUT2D eigenvalue weighted by Gasteiger charge is -2.28. The molecule has 0 saturated heterocycles. The summed E-state index contributed by atoms with van der Waals surface area (Å²) in [5.74, 6) is 0.0719. The molecule has 2 saturated carbocycles. The second kappa shape index (κ2) is 5.10. The molecule has 2 fully saturated rings. The molecule has 0 atom stereocenters. The van der Waals surface area contributed by atoms with Gasteiger partial charge in [0, 0.05) is 12.1 Å². The summed E-state index contributed by atoms with van der Waals surface area (Å²) >= 11 is 0. The van der Waals surface area contributed by atoms with Crippen molar-refractivity contribution in [1.29, 1.82) is 0 Å². The summed E-state index contributed by atoms with van der Waals surface area (Å²) < 4.78 is 0. The van der Waals surface area contributed by atoms with Gasteiger partial charge >= 0.3 is 0 Å². The standard InChI is InChI=1S/C17H19N3O/c21-17(20(13-9-10-13)12-5-1-2-6-12)16-11-18-14-7-3-4-8-15(14)19-16/h3-4,7-8,11-13H,1-2,5-6,9-10H2. The number of benzene rings is 1. The average Bonchev–Trinajstić information content (AvgIpc) is 3.21. The van der Waals surface area contributed by atoms with E-state index in [0.29, 0.717) is 17.8 Å². The van der Waals surface area contributed by atoms with E-state index in [-0.39, 0.29) is 5.91 Å². The Hall–Kier alpha value is -1.97. The molecular formula is C17H19N3O. The Morgan fingerprint density at radius 1 is 1.00 bits per heavy atom. The number of fused-ring (bicyclic) bond motifs is 1. The maximum absolute atomic E-state index is 12.9. The Bertz CT molecular complexity index is 675. The summed E-state index contributed by atoms with van der Waals surface area (Å²) in [7, 11) is 0. The zero-order valence-electron chi connectivity index (χ0n) is 12.0. The van der Waals surface area contributed by atoms with E-state index in [9.17, 15) is 4.79 Å². The molecule has 4 nitrogen and oxygen atoms in total. The molecule has 2 aliphatic rings. The molecule has 1 heterocycles. The molecular weight excluding hydrogens is 262 g/mol. The lowest BCUT2D eigenvalue weighted by Crippen LogP contribution is -2.41. The predicted octanol–water partition coefficient (Wildman–Crippen LogP) is 3.18. The second-order valence-electron chi connectivity index (χ2n) is 6.13. The minimum Gasteiger partial charge on any atom is -0.331 e. The van der Waals surface area contributed by atoms with Gasteiger partial charge in [-0.25, -0.2) is 4.98 Å². The quantitative estimate of drug-likeness (QED) is 0.868. The van der Waals surface area contributed by atoms with E-state index < -0.39 is 0 Å². The van der Waals surface area contributed by atoms with Crippen molar-refractivity contribution in [3.05, 3.63) is 36.2 Å². The summed E-state index contributed by atoms with van der Waals surface area (Å²) in [6.45, 7) is 0. The van der Waals surface area contributed by atoms with Crippen LogP contribution in [0.1, 0.15) is 49.0 Å². The van der Waals surface area contributed by atoms with Crippen LogP contribution in [0, 0.1) is 0 Å². The van der Waals surface area contributed by atoms with Crippen molar-refractivity contribution in [1.82, 2.24) is 14.9 Å². The minimum atomic E-state index is 0.0719. The fraction of sp³-hybridized carbons (Fsp3) is 0.471. The smallest absolute Gasteiger partial charge is 0.274 e. The highest BCUT2D eigenvalue weighted by Crippen LogP contribution is 2.35. The van der Waals surface area contributed by atoms with Crippen molar-refractivity contribution in [3.63, 3.8) is 0 Å². The Balaban J connectivity index is 1.67. The fourth-order valence-electron chi connectivity index (χ4n) is 3.36. The van der Waals surface area contributed by atoms with Gasteiger partial charge in [-0.05, 0) is 37.8 Å². The summed E-state index contributed by atoms with van der Waals surface area (Å²) in [5.41, 5.74) is 2.13. The third-order valence-corrected chi connectivity index (χ3v) is 4.56. The van der Waals surface area contributed by atoms with E-state index in [4.69, 9.17) is 0 Å². The average molecular weight is 281 g/mol. The molecule has 0 unspecified atom stereocenters. The van der Waals surface area contributed by atoms with Gasteiger partial charge in [-0.2, -0.15) is 0 Å². The lowest BCUT2D eigenvalue weighted by molar-refractivity contribution is 0.0658. The zero-order chi connectivity index (χ0) is 14.2. The van der Waals surface area contributed by atoms with E-state index in [2.05, 4.69) is 14.9 Å². The van der Waals surface area contributed by atoms with Gasteiger partial charge in [-0.15, -0.1) is 0 Å². The summed E-state index contributed by atoms with van der Waals surface area (Å²) in [4.78, 5) is 23.9. The van der Waals surface area contributed by atoms with Crippen LogP contribution in [-0.4, -0.2) is 32.9 Å². The lowest BCUT2D eigenvalue weighted by atomic mass is 10.2. The predicted molar refractivity (Wildman–Crippen MR) is 81.0 cm³/mol. The summed E-state index contributed by atoms with van der Waals surface area (Å²) in [5, 5.41) is 0. The Kier molecular flexibility index (Phi) is 3.09. The van der Waals surface area contributed by atoms with Crippen molar-refractivity contribution in [2.24, 2.45) is 0 Å². The van der Waals surface area contributed by atoms with Gasteiger partial charge in [0.15, 0.2) is 0 Å². The number of hydrogen-bond donors (Lipinski definition) is 0. The van der Waals surface area contributed by atoms with Crippen LogP contribution in [0.4, 0.5) is 0 Å². The van der Waals surface area contributed by atoms with Crippen LogP contribution in [-0.2, 0) is 0 Å². The van der Waals surface area contributed by atoms with E-state index in [0.717, 1.165) is 36.7 Å². The number of rotatable bonds is 3. The maximum atomic E-state index is 12.9. The van der Waals surface area contributed by atoms with Crippen LogP contribution < -0.4 is 0 Å². The molecule has 0 bridgehead atoms. The normalized spacial score (nSPS) is 19.0. The van der Waals surface area contributed by atoms with Crippen molar-refractivity contribution in [3.8, 4) is 0 Å². The number of carbonyl (C=O) groups is 1. The first-order valence-electron chi connectivity index (χ1n) is 7.87. The molecule has 1 amide bonds. The minimum absolute atomic E-state index is 0.0719. The number of nitrogens with zero attached hydrogens (tertiary/aromatic N) is 3. The highest BCUT2D eigenvalue weighted by atomic mass is 16.2. The van der Waals surface area contributed by atoms with E-state index in [1.807, 2.05) is 24.3 Å². The first-order valence-corrected chi connectivity index (χ1v) is 7.87. The van der Waals surface area contributed by atoms with E-state index >= 15 is 0 Å². The van der Waals surface area contributed by atoms with Gasteiger partial charge < -0.3 is 4.90 Å². The van der Waals surface area contributed by atoms with Crippen molar-refractivity contribution >= 4 is 16.9 Å². The first kappa shape index (κ1) is 12.7. The number of hydrogen-bond acceptors (Lipinski definition) is 3. The van der Waals surface area contributed by atoms with Crippen molar-refractivity contribution in [2.75, 3.05) is 0 Å². The van der Waals surface area contributed by atoms with Crippen LogP contribution in [0.25, 0.3) is 11.0 Å². The SMILES string of the molecule is O=C(c1cnc2ccccc2n1)N(C1CCCC1)C1CC1. The summed E-state index contributed by atoms with van der Waals surface area (Å²) in [6.07, 6.45) is 8.68. The van der Waals surface area contributed by atoms with Crippen LogP contribution >= 0.6 is 0 Å². The number of carbonyl (C=O) groups excluding carboxylic acids is 1. The third kappa shape index (κ3) is 2.39. The van der Waals surface area contributed by atoms with E-state index in [1.54, 1.807) is 6.20 Å². The van der Waals surface area contributed by atoms with Crippen LogP contribution in [0.2, 0.25) is 0 Å². The molecule has 1 aromatic heterocycles. The molecule has 0 N–H and O–H groups in total. The van der Waals surface area contributed by atoms with Gasteiger partial charge in [0.25, 0.3) is 5.91 Å². The molecule has 21 heavy (non-hydrogen) atoms.